The van der Waals surface area contributed by atoms with E-state index in [1.165, 1.54) is 0 Å². The first kappa shape index (κ1) is 19.9. The third kappa shape index (κ3) is 13.6. The first-order chi connectivity index (χ1) is 9.39. The molecule has 21 heavy (non-hydrogen) atoms. The van der Waals surface area contributed by atoms with Gasteiger partial charge in [-0.2, -0.15) is 0 Å². The molecule has 0 heterocycles. The van der Waals surface area contributed by atoms with Crippen LogP contribution in [0.1, 0.15) is 67.7 Å². The minimum absolute atomic E-state index is 0.264. The molecular formula is C16H30O5. The number of ether oxygens (including phenoxy) is 3. The molecule has 0 amide bonds. The van der Waals surface area contributed by atoms with Gasteiger partial charge in [-0.25, -0.2) is 0 Å². The van der Waals surface area contributed by atoms with Crippen LogP contribution in [0.4, 0.5) is 0 Å². The van der Waals surface area contributed by atoms with E-state index in [4.69, 9.17) is 14.2 Å². The largest absolute Gasteiger partial charge is 0.460 e. The van der Waals surface area contributed by atoms with Crippen molar-refractivity contribution in [2.24, 2.45) is 5.41 Å². The van der Waals surface area contributed by atoms with Crippen LogP contribution in [0, 0.1) is 5.41 Å². The maximum atomic E-state index is 11.5. The molecule has 0 aromatic heterocycles. The molecule has 5 nitrogen and oxygen atoms in total. The average molecular weight is 302 g/mol. The van der Waals surface area contributed by atoms with Crippen molar-refractivity contribution < 1.29 is 23.8 Å². The highest BCUT2D eigenvalue weighted by Crippen LogP contribution is 2.20. The normalized spacial score (nSPS) is 13.7. The number of rotatable bonds is 7. The fraction of sp³-hybridized carbons (Fsp3) is 0.875. The lowest BCUT2D eigenvalue weighted by Crippen LogP contribution is -2.27. The third-order valence-electron chi connectivity index (χ3n) is 2.43. The Morgan fingerprint density at radius 1 is 1.00 bits per heavy atom. The number of hydrogen-bond acceptors (Lipinski definition) is 5. The predicted octanol–water partition coefficient (Wildman–Crippen LogP) is 3.45. The molecule has 0 aliphatic carbocycles. The van der Waals surface area contributed by atoms with Crippen LogP contribution in [-0.4, -0.2) is 30.4 Å². The lowest BCUT2D eigenvalue weighted by atomic mass is 9.91. The topological polar surface area (TPSA) is 61.8 Å². The van der Waals surface area contributed by atoms with Gasteiger partial charge in [-0.05, 0) is 46.0 Å². The Morgan fingerprint density at radius 2 is 1.57 bits per heavy atom. The molecule has 0 saturated heterocycles. The highest BCUT2D eigenvalue weighted by Gasteiger charge is 2.21. The summed E-state index contributed by atoms with van der Waals surface area (Å²) < 4.78 is 15.4. The molecule has 124 valence electrons. The van der Waals surface area contributed by atoms with Gasteiger partial charge < -0.3 is 14.2 Å². The zero-order valence-corrected chi connectivity index (χ0v) is 14.4. The van der Waals surface area contributed by atoms with Crippen molar-refractivity contribution in [3.8, 4) is 0 Å². The summed E-state index contributed by atoms with van der Waals surface area (Å²) in [5.41, 5.74) is -0.341. The van der Waals surface area contributed by atoms with Gasteiger partial charge in [0.2, 0.25) is 0 Å². The number of carbonyl (C=O) groups excluding carboxylic acids is 2. The molecule has 0 aliphatic heterocycles. The first-order valence-corrected chi connectivity index (χ1v) is 7.42. The highest BCUT2D eigenvalue weighted by molar-refractivity contribution is 5.91. The van der Waals surface area contributed by atoms with E-state index in [9.17, 15) is 9.59 Å². The summed E-state index contributed by atoms with van der Waals surface area (Å²) in [4.78, 5) is 23.0. The summed E-state index contributed by atoms with van der Waals surface area (Å²) in [5.74, 6) is -1.22. The molecule has 0 bridgehead atoms. The van der Waals surface area contributed by atoms with Crippen LogP contribution in [0.5, 0.6) is 0 Å². The summed E-state index contributed by atoms with van der Waals surface area (Å²) >= 11 is 0. The fourth-order valence-electron chi connectivity index (χ4n) is 1.61. The van der Waals surface area contributed by atoms with Gasteiger partial charge in [0.1, 0.15) is 12.0 Å². The molecule has 0 saturated carbocycles. The number of esters is 2. The van der Waals surface area contributed by atoms with E-state index in [0.717, 1.165) is 12.8 Å². The molecule has 0 rings (SSSR count). The van der Waals surface area contributed by atoms with E-state index in [1.54, 1.807) is 27.7 Å². The molecule has 0 spiro atoms. The van der Waals surface area contributed by atoms with E-state index in [0.29, 0.717) is 6.61 Å². The Balaban J connectivity index is 3.87. The van der Waals surface area contributed by atoms with Crippen molar-refractivity contribution in [2.45, 2.75) is 79.6 Å². The monoisotopic (exact) mass is 302 g/mol. The van der Waals surface area contributed by atoms with Crippen molar-refractivity contribution >= 4 is 11.9 Å². The summed E-state index contributed by atoms with van der Waals surface area (Å²) in [6, 6.07) is 0. The standard InChI is InChI=1S/C16H30O5/c1-12(19-10-8-9-15(2,3)4)20-13(17)11-14(18)21-16(5,6)7/h12H,8-11H2,1-7H3. The zero-order chi connectivity index (χ0) is 16.7. The van der Waals surface area contributed by atoms with Crippen molar-refractivity contribution in [1.82, 2.24) is 0 Å². The molecule has 0 aliphatic rings. The molecule has 0 fully saturated rings. The van der Waals surface area contributed by atoms with Crippen LogP contribution >= 0.6 is 0 Å². The van der Waals surface area contributed by atoms with E-state index in [2.05, 4.69) is 20.8 Å². The van der Waals surface area contributed by atoms with Gasteiger partial charge in [0, 0.05) is 0 Å². The van der Waals surface area contributed by atoms with Gasteiger partial charge in [-0.1, -0.05) is 20.8 Å². The van der Waals surface area contributed by atoms with Crippen LogP contribution in [0.25, 0.3) is 0 Å². The Labute approximate surface area is 128 Å². The van der Waals surface area contributed by atoms with Crippen molar-refractivity contribution in [3.05, 3.63) is 0 Å². The third-order valence-corrected chi connectivity index (χ3v) is 2.43. The Kier molecular flexibility index (Phi) is 7.93. The Bertz CT molecular complexity index is 336. The highest BCUT2D eigenvalue weighted by atomic mass is 16.7. The fourth-order valence-corrected chi connectivity index (χ4v) is 1.61. The molecule has 0 radical (unpaired) electrons. The van der Waals surface area contributed by atoms with Gasteiger partial charge in [-0.3, -0.25) is 9.59 Å². The molecule has 0 aromatic rings. The van der Waals surface area contributed by atoms with Crippen LogP contribution < -0.4 is 0 Å². The SMILES string of the molecule is CC(OCCCC(C)(C)C)OC(=O)CC(=O)OC(C)(C)C. The number of carbonyl (C=O) groups is 2. The Morgan fingerprint density at radius 3 is 2.05 bits per heavy atom. The average Bonchev–Trinajstić information content (AvgIpc) is 2.19. The molecule has 0 aromatic carbocycles. The second-order valence-electron chi connectivity index (χ2n) is 7.36. The second-order valence-corrected chi connectivity index (χ2v) is 7.36. The van der Waals surface area contributed by atoms with Crippen LogP contribution in [-0.2, 0) is 23.8 Å². The van der Waals surface area contributed by atoms with Gasteiger partial charge in [0.05, 0.1) is 6.61 Å². The van der Waals surface area contributed by atoms with Crippen LogP contribution in [0.3, 0.4) is 0 Å². The Hall–Kier alpha value is -1.10. The smallest absolute Gasteiger partial charge is 0.319 e. The summed E-state index contributed by atoms with van der Waals surface area (Å²) in [7, 11) is 0. The van der Waals surface area contributed by atoms with Crippen molar-refractivity contribution in [3.63, 3.8) is 0 Å². The van der Waals surface area contributed by atoms with Gasteiger partial charge in [0.15, 0.2) is 6.29 Å². The van der Waals surface area contributed by atoms with E-state index in [-0.39, 0.29) is 5.41 Å². The van der Waals surface area contributed by atoms with Crippen LogP contribution in [0.2, 0.25) is 0 Å². The van der Waals surface area contributed by atoms with Crippen molar-refractivity contribution in [1.29, 1.82) is 0 Å². The van der Waals surface area contributed by atoms with E-state index in [1.807, 2.05) is 0 Å². The zero-order valence-electron chi connectivity index (χ0n) is 14.4. The lowest BCUT2D eigenvalue weighted by Gasteiger charge is -2.20. The van der Waals surface area contributed by atoms with Gasteiger partial charge >= 0.3 is 11.9 Å². The second kappa shape index (κ2) is 8.37. The quantitative estimate of drug-likeness (QED) is 0.312. The summed E-state index contributed by atoms with van der Waals surface area (Å²) in [6.45, 7) is 13.9. The van der Waals surface area contributed by atoms with Gasteiger partial charge in [0.25, 0.3) is 0 Å². The maximum Gasteiger partial charge on any atom is 0.319 e. The van der Waals surface area contributed by atoms with Crippen LogP contribution in [0.15, 0.2) is 0 Å². The summed E-state index contributed by atoms with van der Waals surface area (Å²) in [6.07, 6.45) is 0.885. The van der Waals surface area contributed by atoms with E-state index < -0.39 is 30.3 Å². The predicted molar refractivity (Wildman–Crippen MR) is 80.7 cm³/mol. The molecule has 0 N–H and O–H groups in total. The number of hydrogen-bond donors (Lipinski definition) is 0. The summed E-state index contributed by atoms with van der Waals surface area (Å²) in [5, 5.41) is 0. The molecular weight excluding hydrogens is 272 g/mol. The van der Waals surface area contributed by atoms with E-state index >= 15 is 0 Å². The molecule has 5 heteroatoms. The molecule has 1 atom stereocenters. The lowest BCUT2D eigenvalue weighted by molar-refractivity contribution is -0.179. The van der Waals surface area contributed by atoms with Gasteiger partial charge in [-0.15, -0.1) is 0 Å². The van der Waals surface area contributed by atoms with Crippen molar-refractivity contribution in [2.75, 3.05) is 6.61 Å². The molecule has 1 unspecified atom stereocenters. The maximum absolute atomic E-state index is 11.5. The minimum atomic E-state index is -0.653. The minimum Gasteiger partial charge on any atom is -0.460 e. The first-order valence-electron chi connectivity index (χ1n) is 7.42.